The number of hydrogen-bond acceptors (Lipinski definition) is 2. The molecule has 0 amide bonds. The summed E-state index contributed by atoms with van der Waals surface area (Å²) in [4.78, 5) is 4.15. The number of benzene rings is 1. The number of anilines is 2. The Bertz CT molecular complexity index is 290. The molecular formula is C11H17N2. The maximum Gasteiger partial charge on any atom is 0.0395 e. The van der Waals surface area contributed by atoms with E-state index in [1.807, 2.05) is 28.2 Å². The van der Waals surface area contributed by atoms with Crippen molar-refractivity contribution in [1.82, 2.24) is 0 Å². The summed E-state index contributed by atoms with van der Waals surface area (Å²) in [6, 6.07) is 6.29. The van der Waals surface area contributed by atoms with E-state index in [1.165, 1.54) is 11.4 Å². The Hall–Kier alpha value is -1.18. The van der Waals surface area contributed by atoms with Crippen molar-refractivity contribution in [3.63, 3.8) is 0 Å². The summed E-state index contributed by atoms with van der Waals surface area (Å²) in [5, 5.41) is 0. The Morgan fingerprint density at radius 2 is 1.62 bits per heavy atom. The SMILES string of the molecule is [CH2]c1cc(N(C)C)ccc1N(C)C. The molecule has 1 radical (unpaired) electrons. The van der Waals surface area contributed by atoms with Crippen LogP contribution in [0.4, 0.5) is 11.4 Å². The van der Waals surface area contributed by atoms with Crippen LogP contribution < -0.4 is 9.80 Å². The fraction of sp³-hybridized carbons (Fsp3) is 0.364. The summed E-state index contributed by atoms with van der Waals surface area (Å²) in [5.41, 5.74) is 3.43. The van der Waals surface area contributed by atoms with Crippen LogP contribution in [-0.4, -0.2) is 28.2 Å². The first kappa shape index (κ1) is 9.90. The number of hydrogen-bond donors (Lipinski definition) is 0. The second-order valence-electron chi connectivity index (χ2n) is 3.60. The van der Waals surface area contributed by atoms with E-state index in [4.69, 9.17) is 0 Å². The largest absolute Gasteiger partial charge is 0.378 e. The van der Waals surface area contributed by atoms with E-state index in [0.717, 1.165) is 5.56 Å². The van der Waals surface area contributed by atoms with E-state index in [2.05, 4.69) is 34.9 Å². The van der Waals surface area contributed by atoms with Crippen molar-refractivity contribution in [2.45, 2.75) is 0 Å². The highest BCUT2D eigenvalue weighted by Gasteiger charge is 2.02. The summed E-state index contributed by atoms with van der Waals surface area (Å²) in [5.74, 6) is 0. The van der Waals surface area contributed by atoms with Crippen LogP contribution in [0.3, 0.4) is 0 Å². The molecule has 1 aromatic carbocycles. The summed E-state index contributed by atoms with van der Waals surface area (Å²) < 4.78 is 0. The molecule has 0 aliphatic carbocycles. The van der Waals surface area contributed by atoms with Gasteiger partial charge < -0.3 is 9.80 Å². The van der Waals surface area contributed by atoms with Gasteiger partial charge in [-0.2, -0.15) is 0 Å². The van der Waals surface area contributed by atoms with Crippen LogP contribution >= 0.6 is 0 Å². The highest BCUT2D eigenvalue weighted by atomic mass is 15.1. The van der Waals surface area contributed by atoms with Gasteiger partial charge in [-0.25, -0.2) is 0 Å². The molecule has 1 aromatic rings. The smallest absolute Gasteiger partial charge is 0.0395 e. The summed E-state index contributed by atoms with van der Waals surface area (Å²) in [7, 11) is 8.12. The predicted octanol–water partition coefficient (Wildman–Crippen LogP) is 2.00. The van der Waals surface area contributed by atoms with Crippen LogP contribution in [0.2, 0.25) is 0 Å². The Balaban J connectivity index is 3.06. The molecule has 0 aliphatic heterocycles. The first-order valence-electron chi connectivity index (χ1n) is 4.33. The molecule has 0 N–H and O–H groups in total. The van der Waals surface area contributed by atoms with Gasteiger partial charge in [0.05, 0.1) is 0 Å². The molecule has 0 heterocycles. The Morgan fingerprint density at radius 3 is 2.00 bits per heavy atom. The van der Waals surface area contributed by atoms with Gasteiger partial charge in [-0.3, -0.25) is 0 Å². The van der Waals surface area contributed by atoms with Gasteiger partial charge in [-0.15, -0.1) is 0 Å². The zero-order valence-corrected chi connectivity index (χ0v) is 8.83. The molecule has 2 nitrogen and oxygen atoms in total. The first-order chi connectivity index (χ1) is 6.02. The Morgan fingerprint density at radius 1 is 1.00 bits per heavy atom. The van der Waals surface area contributed by atoms with Crippen molar-refractivity contribution in [1.29, 1.82) is 0 Å². The van der Waals surface area contributed by atoms with Crippen LogP contribution in [0.25, 0.3) is 0 Å². The van der Waals surface area contributed by atoms with E-state index in [1.54, 1.807) is 0 Å². The monoisotopic (exact) mass is 177 g/mol. The summed E-state index contributed by atoms with van der Waals surface area (Å²) >= 11 is 0. The van der Waals surface area contributed by atoms with Crippen molar-refractivity contribution >= 4 is 11.4 Å². The van der Waals surface area contributed by atoms with Gasteiger partial charge in [-0.05, 0) is 30.7 Å². The normalized spacial score (nSPS) is 9.92. The molecular weight excluding hydrogens is 160 g/mol. The minimum Gasteiger partial charge on any atom is -0.378 e. The van der Waals surface area contributed by atoms with Gasteiger partial charge in [0, 0.05) is 39.6 Å². The molecule has 1 rings (SSSR count). The van der Waals surface area contributed by atoms with E-state index in [0.29, 0.717) is 0 Å². The number of nitrogens with zero attached hydrogens (tertiary/aromatic N) is 2. The lowest BCUT2D eigenvalue weighted by atomic mass is 10.1. The van der Waals surface area contributed by atoms with Gasteiger partial charge in [0.1, 0.15) is 0 Å². The van der Waals surface area contributed by atoms with Crippen molar-refractivity contribution < 1.29 is 0 Å². The molecule has 0 aromatic heterocycles. The molecule has 0 spiro atoms. The summed E-state index contributed by atoms with van der Waals surface area (Å²) in [6.07, 6.45) is 0. The Labute approximate surface area is 80.8 Å². The number of rotatable bonds is 2. The van der Waals surface area contributed by atoms with Gasteiger partial charge in [0.2, 0.25) is 0 Å². The third kappa shape index (κ3) is 2.14. The van der Waals surface area contributed by atoms with Gasteiger partial charge in [0.25, 0.3) is 0 Å². The zero-order valence-electron chi connectivity index (χ0n) is 8.83. The lowest BCUT2D eigenvalue weighted by molar-refractivity contribution is 1.10. The highest BCUT2D eigenvalue weighted by molar-refractivity contribution is 5.62. The standard InChI is InChI=1S/C11H17N2/c1-9-8-10(12(2)3)6-7-11(9)13(4)5/h6-8H,1H2,2-5H3. The van der Waals surface area contributed by atoms with Crippen LogP contribution in [0.5, 0.6) is 0 Å². The quantitative estimate of drug-likeness (QED) is 0.681. The topological polar surface area (TPSA) is 6.48 Å². The fourth-order valence-corrected chi connectivity index (χ4v) is 1.29. The van der Waals surface area contributed by atoms with Crippen LogP contribution in [0.15, 0.2) is 18.2 Å². The molecule has 0 atom stereocenters. The zero-order chi connectivity index (χ0) is 10.0. The van der Waals surface area contributed by atoms with Crippen LogP contribution in [-0.2, 0) is 0 Å². The first-order valence-corrected chi connectivity index (χ1v) is 4.33. The lowest BCUT2D eigenvalue weighted by Gasteiger charge is -2.19. The molecule has 0 saturated carbocycles. The molecule has 0 bridgehead atoms. The lowest BCUT2D eigenvalue weighted by Crippen LogP contribution is -2.12. The van der Waals surface area contributed by atoms with E-state index in [-0.39, 0.29) is 0 Å². The molecule has 2 heteroatoms. The van der Waals surface area contributed by atoms with E-state index in [9.17, 15) is 0 Å². The van der Waals surface area contributed by atoms with Crippen molar-refractivity contribution in [3.05, 3.63) is 30.7 Å². The fourth-order valence-electron chi connectivity index (χ4n) is 1.29. The Kier molecular flexibility index (Phi) is 2.81. The van der Waals surface area contributed by atoms with Crippen LogP contribution in [0.1, 0.15) is 5.56 Å². The molecule has 13 heavy (non-hydrogen) atoms. The maximum atomic E-state index is 4.02. The van der Waals surface area contributed by atoms with Crippen molar-refractivity contribution in [2.75, 3.05) is 38.0 Å². The average molecular weight is 177 g/mol. The molecule has 71 valence electrons. The average Bonchev–Trinajstić information content (AvgIpc) is 2.03. The van der Waals surface area contributed by atoms with Crippen molar-refractivity contribution in [2.24, 2.45) is 0 Å². The maximum absolute atomic E-state index is 4.02. The minimum absolute atomic E-state index is 1.07. The minimum atomic E-state index is 1.07. The highest BCUT2D eigenvalue weighted by Crippen LogP contribution is 2.22. The second-order valence-corrected chi connectivity index (χ2v) is 3.60. The van der Waals surface area contributed by atoms with Gasteiger partial charge in [-0.1, -0.05) is 0 Å². The van der Waals surface area contributed by atoms with Crippen molar-refractivity contribution in [3.8, 4) is 0 Å². The molecule has 0 saturated heterocycles. The molecule has 0 unspecified atom stereocenters. The third-order valence-corrected chi connectivity index (χ3v) is 2.06. The molecule has 0 fully saturated rings. The van der Waals surface area contributed by atoms with Gasteiger partial charge in [0.15, 0.2) is 0 Å². The van der Waals surface area contributed by atoms with E-state index >= 15 is 0 Å². The predicted molar refractivity (Wildman–Crippen MR) is 59.6 cm³/mol. The van der Waals surface area contributed by atoms with Gasteiger partial charge >= 0.3 is 0 Å². The van der Waals surface area contributed by atoms with E-state index < -0.39 is 0 Å². The summed E-state index contributed by atoms with van der Waals surface area (Å²) in [6.45, 7) is 4.02. The second kappa shape index (κ2) is 3.69. The third-order valence-electron chi connectivity index (χ3n) is 2.06. The molecule has 0 aliphatic rings. The van der Waals surface area contributed by atoms with Crippen LogP contribution in [0, 0.1) is 6.92 Å².